The lowest BCUT2D eigenvalue weighted by atomic mass is 10.0. The Kier molecular flexibility index (Phi) is 4.31. The molecule has 0 fully saturated rings. The van der Waals surface area contributed by atoms with Crippen LogP contribution < -0.4 is 10.5 Å². The van der Waals surface area contributed by atoms with Crippen LogP contribution in [0.5, 0.6) is 5.75 Å². The first-order valence-corrected chi connectivity index (χ1v) is 5.16. The molecule has 4 nitrogen and oxygen atoms in total. The average molecular weight is 223 g/mol. The molecule has 1 aromatic carbocycles. The summed E-state index contributed by atoms with van der Waals surface area (Å²) in [5.41, 5.74) is 7.84. The number of benzene rings is 1. The third kappa shape index (κ3) is 3.24. The fourth-order valence-electron chi connectivity index (χ4n) is 1.51. The minimum atomic E-state index is -0.825. The molecular formula is C12H17NO3. The van der Waals surface area contributed by atoms with Crippen molar-refractivity contribution in [1.82, 2.24) is 0 Å². The zero-order chi connectivity index (χ0) is 12.1. The summed E-state index contributed by atoms with van der Waals surface area (Å²) < 4.78 is 5.19. The van der Waals surface area contributed by atoms with Gasteiger partial charge in [-0.1, -0.05) is 12.1 Å². The maximum Gasteiger partial charge on any atom is 0.303 e. The lowest BCUT2D eigenvalue weighted by Gasteiger charge is -2.13. The highest BCUT2D eigenvalue weighted by molar-refractivity contribution is 5.66. The number of rotatable bonds is 5. The van der Waals surface area contributed by atoms with Crippen molar-refractivity contribution in [2.24, 2.45) is 5.73 Å². The van der Waals surface area contributed by atoms with Crippen LogP contribution in [-0.4, -0.2) is 18.2 Å². The van der Waals surface area contributed by atoms with Crippen molar-refractivity contribution in [2.75, 3.05) is 7.11 Å². The molecule has 3 N–H and O–H groups in total. The lowest BCUT2D eigenvalue weighted by Crippen LogP contribution is -2.12. The minimum absolute atomic E-state index is 0.0807. The summed E-state index contributed by atoms with van der Waals surface area (Å²) in [4.78, 5) is 10.4. The molecule has 4 heteroatoms. The Hall–Kier alpha value is -1.55. The van der Waals surface area contributed by atoms with Crippen LogP contribution in [0.3, 0.4) is 0 Å². The van der Waals surface area contributed by atoms with E-state index in [-0.39, 0.29) is 12.5 Å². The van der Waals surface area contributed by atoms with Crippen LogP contribution in [0.1, 0.15) is 30.0 Å². The molecule has 1 atom stereocenters. The van der Waals surface area contributed by atoms with Gasteiger partial charge in [0.15, 0.2) is 0 Å². The molecule has 1 aromatic rings. The van der Waals surface area contributed by atoms with E-state index in [1.54, 1.807) is 7.11 Å². The number of aliphatic carboxylic acids is 1. The van der Waals surface area contributed by atoms with Gasteiger partial charge in [-0.2, -0.15) is 0 Å². The first-order valence-electron chi connectivity index (χ1n) is 5.16. The standard InChI is InChI=1S/C12H17NO3/c1-8-3-4-9(7-11(8)16-2)10(13)5-6-12(14)15/h3-4,7,10H,5-6,13H2,1-2H3,(H,14,15). The summed E-state index contributed by atoms with van der Waals surface area (Å²) >= 11 is 0. The van der Waals surface area contributed by atoms with Crippen LogP contribution in [0.25, 0.3) is 0 Å². The molecule has 0 spiro atoms. The molecule has 0 amide bonds. The second-order valence-electron chi connectivity index (χ2n) is 3.77. The van der Waals surface area contributed by atoms with Gasteiger partial charge >= 0.3 is 5.97 Å². The van der Waals surface area contributed by atoms with Crippen LogP contribution in [-0.2, 0) is 4.79 Å². The van der Waals surface area contributed by atoms with Gasteiger partial charge in [-0.15, -0.1) is 0 Å². The van der Waals surface area contributed by atoms with Crippen molar-refractivity contribution in [3.8, 4) is 5.75 Å². The number of carboxylic acids is 1. The molecule has 0 aromatic heterocycles. The number of hydrogen-bond donors (Lipinski definition) is 2. The Morgan fingerprint density at radius 2 is 2.25 bits per heavy atom. The molecule has 88 valence electrons. The van der Waals surface area contributed by atoms with Gasteiger partial charge in [-0.05, 0) is 30.5 Å². The van der Waals surface area contributed by atoms with Crippen LogP contribution in [0.2, 0.25) is 0 Å². The Morgan fingerprint density at radius 3 is 2.81 bits per heavy atom. The SMILES string of the molecule is COc1cc(C(N)CCC(=O)O)ccc1C. The second kappa shape index (κ2) is 5.51. The molecule has 0 aliphatic heterocycles. The molecule has 0 aliphatic rings. The van der Waals surface area contributed by atoms with E-state index >= 15 is 0 Å². The van der Waals surface area contributed by atoms with Crippen molar-refractivity contribution < 1.29 is 14.6 Å². The predicted molar refractivity (Wildman–Crippen MR) is 61.5 cm³/mol. The van der Waals surface area contributed by atoms with Crippen molar-refractivity contribution >= 4 is 5.97 Å². The van der Waals surface area contributed by atoms with Gasteiger partial charge in [0.2, 0.25) is 0 Å². The van der Waals surface area contributed by atoms with E-state index in [1.165, 1.54) is 0 Å². The highest BCUT2D eigenvalue weighted by atomic mass is 16.5. The Balaban J connectivity index is 2.75. The normalized spacial score (nSPS) is 12.2. The number of methoxy groups -OCH3 is 1. The first-order chi connectivity index (χ1) is 7.54. The van der Waals surface area contributed by atoms with Gasteiger partial charge in [-0.3, -0.25) is 4.79 Å². The number of ether oxygens (including phenoxy) is 1. The monoisotopic (exact) mass is 223 g/mol. The molecule has 0 saturated heterocycles. The van der Waals surface area contributed by atoms with E-state index in [9.17, 15) is 4.79 Å². The molecule has 0 aliphatic carbocycles. The zero-order valence-corrected chi connectivity index (χ0v) is 9.56. The lowest BCUT2D eigenvalue weighted by molar-refractivity contribution is -0.137. The number of carboxylic acid groups (broad SMARTS) is 1. The van der Waals surface area contributed by atoms with Crippen LogP contribution >= 0.6 is 0 Å². The third-order valence-corrected chi connectivity index (χ3v) is 2.53. The van der Waals surface area contributed by atoms with Crippen LogP contribution in [0.4, 0.5) is 0 Å². The maximum atomic E-state index is 10.4. The molecular weight excluding hydrogens is 206 g/mol. The van der Waals surface area contributed by atoms with E-state index in [1.807, 2.05) is 25.1 Å². The van der Waals surface area contributed by atoms with Crippen LogP contribution in [0, 0.1) is 6.92 Å². The van der Waals surface area contributed by atoms with Crippen molar-refractivity contribution in [3.63, 3.8) is 0 Å². The Morgan fingerprint density at radius 1 is 1.56 bits per heavy atom. The van der Waals surface area contributed by atoms with E-state index in [0.29, 0.717) is 6.42 Å². The molecule has 0 saturated carbocycles. The van der Waals surface area contributed by atoms with E-state index in [2.05, 4.69) is 0 Å². The molecule has 0 bridgehead atoms. The molecule has 1 unspecified atom stereocenters. The number of carbonyl (C=O) groups is 1. The smallest absolute Gasteiger partial charge is 0.303 e. The van der Waals surface area contributed by atoms with Gasteiger partial charge in [0, 0.05) is 12.5 Å². The molecule has 0 radical (unpaired) electrons. The third-order valence-electron chi connectivity index (χ3n) is 2.53. The van der Waals surface area contributed by atoms with E-state index in [4.69, 9.17) is 15.6 Å². The highest BCUT2D eigenvalue weighted by Gasteiger charge is 2.10. The topological polar surface area (TPSA) is 72.5 Å². The van der Waals surface area contributed by atoms with Crippen molar-refractivity contribution in [2.45, 2.75) is 25.8 Å². The molecule has 1 rings (SSSR count). The fourth-order valence-corrected chi connectivity index (χ4v) is 1.51. The van der Waals surface area contributed by atoms with Gasteiger partial charge in [0.05, 0.1) is 7.11 Å². The molecule has 16 heavy (non-hydrogen) atoms. The molecule has 0 heterocycles. The summed E-state index contributed by atoms with van der Waals surface area (Å²) in [6.07, 6.45) is 0.513. The number of nitrogens with two attached hydrogens (primary N) is 1. The minimum Gasteiger partial charge on any atom is -0.496 e. The number of hydrogen-bond acceptors (Lipinski definition) is 3. The summed E-state index contributed by atoms with van der Waals surface area (Å²) in [7, 11) is 1.61. The number of aryl methyl sites for hydroxylation is 1. The van der Waals surface area contributed by atoms with Gasteiger partial charge < -0.3 is 15.6 Å². The zero-order valence-electron chi connectivity index (χ0n) is 9.56. The van der Waals surface area contributed by atoms with Gasteiger partial charge in [0.25, 0.3) is 0 Å². The summed E-state index contributed by atoms with van der Waals surface area (Å²) in [6, 6.07) is 5.44. The first kappa shape index (κ1) is 12.5. The second-order valence-corrected chi connectivity index (χ2v) is 3.77. The Bertz CT molecular complexity index is 377. The van der Waals surface area contributed by atoms with E-state index < -0.39 is 5.97 Å². The predicted octanol–water partition coefficient (Wildman–Crippen LogP) is 1.87. The summed E-state index contributed by atoms with van der Waals surface area (Å²) in [6.45, 7) is 1.95. The maximum absolute atomic E-state index is 10.4. The highest BCUT2D eigenvalue weighted by Crippen LogP contribution is 2.24. The van der Waals surface area contributed by atoms with Crippen molar-refractivity contribution in [3.05, 3.63) is 29.3 Å². The summed E-state index contributed by atoms with van der Waals surface area (Å²) in [5.74, 6) is -0.0437. The van der Waals surface area contributed by atoms with Gasteiger partial charge in [-0.25, -0.2) is 0 Å². The average Bonchev–Trinajstić information content (AvgIpc) is 2.26. The fraction of sp³-hybridized carbons (Fsp3) is 0.417. The quantitative estimate of drug-likeness (QED) is 0.799. The van der Waals surface area contributed by atoms with Gasteiger partial charge in [0.1, 0.15) is 5.75 Å². The Labute approximate surface area is 95.0 Å². The van der Waals surface area contributed by atoms with E-state index in [0.717, 1.165) is 16.9 Å². The van der Waals surface area contributed by atoms with Crippen molar-refractivity contribution in [1.29, 1.82) is 0 Å². The summed E-state index contributed by atoms with van der Waals surface area (Å²) in [5, 5.41) is 8.57. The largest absolute Gasteiger partial charge is 0.496 e. The van der Waals surface area contributed by atoms with Crippen LogP contribution in [0.15, 0.2) is 18.2 Å².